The third-order valence-electron chi connectivity index (χ3n) is 8.02. The molecule has 7 rings (SSSR count). The Kier molecular flexibility index (Phi) is 5.98. The number of carbonyl (C=O) groups excluding carboxylic acids is 2. The number of aryl methyl sites for hydroxylation is 1. The van der Waals surface area contributed by atoms with Crippen molar-refractivity contribution in [2.24, 2.45) is 0 Å². The third kappa shape index (κ3) is 3.95. The maximum atomic E-state index is 14.7. The largest absolute Gasteiger partial charge is 0.306 e. The van der Waals surface area contributed by atoms with Gasteiger partial charge in [-0.25, -0.2) is 0 Å². The fourth-order valence-corrected chi connectivity index (χ4v) is 6.22. The monoisotopic (exact) mass is 565 g/mol. The Bertz CT molecular complexity index is 2080. The number of allylic oxidation sites excluding steroid dienone is 2. The number of rotatable bonds is 4. The van der Waals surface area contributed by atoms with Crippen molar-refractivity contribution < 1.29 is 14.5 Å². The molecule has 8 heteroatoms. The minimum absolute atomic E-state index is 0.112. The summed E-state index contributed by atoms with van der Waals surface area (Å²) in [6.45, 7) is 1.81. The molecule has 0 saturated carbocycles. The topological polar surface area (TPSA) is 103 Å². The van der Waals surface area contributed by atoms with E-state index in [0.717, 1.165) is 0 Å². The van der Waals surface area contributed by atoms with Crippen LogP contribution >= 0.6 is 0 Å². The highest BCUT2D eigenvalue weighted by atomic mass is 16.6. The van der Waals surface area contributed by atoms with Gasteiger partial charge < -0.3 is 4.90 Å². The highest BCUT2D eigenvalue weighted by molar-refractivity contribution is 6.30. The van der Waals surface area contributed by atoms with E-state index in [-0.39, 0.29) is 45.0 Å². The van der Waals surface area contributed by atoms with Gasteiger partial charge in [0.2, 0.25) is 5.78 Å². The first-order valence-corrected chi connectivity index (χ1v) is 13.7. The number of hydrogen-bond donors (Lipinski definition) is 0. The Morgan fingerprint density at radius 1 is 0.698 bits per heavy atom. The summed E-state index contributed by atoms with van der Waals surface area (Å²) < 4.78 is 1.57. The molecular formula is C35H23N3O5. The van der Waals surface area contributed by atoms with Crippen molar-refractivity contribution in [3.05, 3.63) is 175 Å². The zero-order chi connectivity index (χ0) is 29.8. The van der Waals surface area contributed by atoms with Crippen LogP contribution in [0.15, 0.2) is 131 Å². The number of non-ortho nitro benzene ring substituents is 1. The molecule has 0 fully saturated rings. The summed E-state index contributed by atoms with van der Waals surface area (Å²) in [5.41, 5.74) is 3.09. The van der Waals surface area contributed by atoms with E-state index in [1.807, 2.05) is 73.7 Å². The minimum Gasteiger partial charge on any atom is -0.306 e. The Morgan fingerprint density at radius 3 is 1.95 bits per heavy atom. The molecule has 0 N–H and O–H groups in total. The third-order valence-corrected chi connectivity index (χ3v) is 8.02. The van der Waals surface area contributed by atoms with E-state index in [2.05, 4.69) is 0 Å². The van der Waals surface area contributed by atoms with E-state index in [9.17, 15) is 24.5 Å². The number of hydrogen-bond acceptors (Lipinski definition) is 6. The normalized spacial score (nSPS) is 15.6. The van der Waals surface area contributed by atoms with Gasteiger partial charge in [0.25, 0.3) is 11.2 Å². The van der Waals surface area contributed by atoms with Gasteiger partial charge in [0.05, 0.1) is 16.2 Å². The lowest BCUT2D eigenvalue weighted by Crippen LogP contribution is -2.41. The van der Waals surface area contributed by atoms with Crippen LogP contribution in [0.5, 0.6) is 0 Å². The first kappa shape index (κ1) is 26.0. The summed E-state index contributed by atoms with van der Waals surface area (Å²) in [6, 6.07) is 32.7. The molecule has 1 atom stereocenters. The first-order valence-electron chi connectivity index (χ1n) is 13.7. The van der Waals surface area contributed by atoms with Crippen LogP contribution in [-0.2, 0) is 0 Å². The molecule has 1 aliphatic carbocycles. The van der Waals surface area contributed by atoms with Crippen LogP contribution in [0.25, 0.3) is 5.69 Å². The molecule has 2 aliphatic rings. The summed E-state index contributed by atoms with van der Waals surface area (Å²) in [4.78, 5) is 56.5. The van der Waals surface area contributed by atoms with Crippen molar-refractivity contribution >= 4 is 28.6 Å². The maximum Gasteiger partial charge on any atom is 0.269 e. The van der Waals surface area contributed by atoms with Gasteiger partial charge >= 0.3 is 0 Å². The molecule has 1 aromatic heterocycles. The van der Waals surface area contributed by atoms with Gasteiger partial charge in [-0.05, 0) is 42.8 Å². The van der Waals surface area contributed by atoms with Gasteiger partial charge in [-0.15, -0.1) is 0 Å². The van der Waals surface area contributed by atoms with Crippen LogP contribution < -0.4 is 10.5 Å². The number of carbonyl (C=O) groups is 2. The molecule has 0 saturated heterocycles. The van der Waals surface area contributed by atoms with E-state index >= 15 is 0 Å². The Morgan fingerprint density at radius 2 is 1.30 bits per heavy atom. The number of nitro groups is 1. The molecule has 8 nitrogen and oxygen atoms in total. The minimum atomic E-state index is -1.04. The summed E-state index contributed by atoms with van der Waals surface area (Å²) in [7, 11) is 0. The van der Waals surface area contributed by atoms with Crippen LogP contribution in [0.3, 0.4) is 0 Å². The molecule has 0 bridgehead atoms. The second kappa shape index (κ2) is 9.88. The standard InChI is InChI=1S/C35H23N3O5/c1-21-19-28-30(35(41)36(21)23-12-4-2-5-13-23)29(22-11-10-16-25(20-22)38(42)43)31-32(37(28)24-14-6-3-7-15-24)34(40)27-18-9-8-17-26(27)33(31)39/h2-20,29H,1H3. The number of fused-ring (bicyclic) bond motifs is 2. The molecule has 5 aromatic rings. The fraction of sp³-hybridized carbons (Fsp3) is 0.0571. The molecular weight excluding hydrogens is 542 g/mol. The van der Waals surface area contributed by atoms with Gasteiger partial charge in [-0.3, -0.25) is 29.1 Å². The molecule has 1 unspecified atom stereocenters. The summed E-state index contributed by atoms with van der Waals surface area (Å²) in [5.74, 6) is -1.81. The number of nitrogens with zero attached hydrogens (tertiary/aromatic N) is 3. The predicted octanol–water partition coefficient (Wildman–Crippen LogP) is 6.67. The zero-order valence-electron chi connectivity index (χ0n) is 22.9. The lowest BCUT2D eigenvalue weighted by Gasteiger charge is -2.40. The summed E-state index contributed by atoms with van der Waals surface area (Å²) >= 11 is 0. The number of para-hydroxylation sites is 2. The SMILES string of the molecule is Cc1cc2c(c(=O)n1-c1ccccc1)C(c1cccc([N+](=O)[O-])c1)C1=C(C(=O)c3ccccc3C1=O)N2c1ccccc1. The zero-order valence-corrected chi connectivity index (χ0v) is 22.9. The predicted molar refractivity (Wildman–Crippen MR) is 162 cm³/mol. The molecule has 0 amide bonds. The van der Waals surface area contributed by atoms with Crippen LogP contribution in [0.2, 0.25) is 0 Å². The highest BCUT2D eigenvalue weighted by Gasteiger charge is 2.46. The second-order valence-corrected chi connectivity index (χ2v) is 10.5. The highest BCUT2D eigenvalue weighted by Crippen LogP contribution is 2.50. The number of anilines is 2. The number of aromatic nitrogens is 1. The maximum absolute atomic E-state index is 14.7. The Labute approximate surface area is 245 Å². The van der Waals surface area contributed by atoms with Gasteiger partial charge in [0.1, 0.15) is 5.70 Å². The Balaban J connectivity index is 1.64. The number of nitro benzene ring substituents is 1. The van der Waals surface area contributed by atoms with Crippen molar-refractivity contribution in [1.29, 1.82) is 0 Å². The van der Waals surface area contributed by atoms with Crippen molar-refractivity contribution in [2.75, 3.05) is 4.90 Å². The van der Waals surface area contributed by atoms with E-state index in [0.29, 0.717) is 28.3 Å². The second-order valence-electron chi connectivity index (χ2n) is 10.5. The van der Waals surface area contributed by atoms with E-state index < -0.39 is 16.6 Å². The van der Waals surface area contributed by atoms with E-state index in [4.69, 9.17) is 0 Å². The molecule has 1 aliphatic heterocycles. The van der Waals surface area contributed by atoms with Crippen LogP contribution in [0.1, 0.15) is 43.5 Å². The summed E-state index contributed by atoms with van der Waals surface area (Å²) in [6.07, 6.45) is 0. The number of ketones is 2. The van der Waals surface area contributed by atoms with Gasteiger partial charge in [-0.2, -0.15) is 0 Å². The van der Waals surface area contributed by atoms with Gasteiger partial charge in [-0.1, -0.05) is 72.8 Å². The summed E-state index contributed by atoms with van der Waals surface area (Å²) in [5, 5.41) is 11.8. The van der Waals surface area contributed by atoms with Crippen molar-refractivity contribution in [1.82, 2.24) is 4.57 Å². The molecule has 208 valence electrons. The average Bonchev–Trinajstić information content (AvgIpc) is 3.03. The van der Waals surface area contributed by atoms with Crippen LogP contribution in [0.4, 0.5) is 17.1 Å². The van der Waals surface area contributed by atoms with Crippen LogP contribution in [0, 0.1) is 17.0 Å². The van der Waals surface area contributed by atoms with E-state index in [1.165, 1.54) is 18.2 Å². The van der Waals surface area contributed by atoms with Gasteiger partial charge in [0, 0.05) is 51.8 Å². The molecule has 43 heavy (non-hydrogen) atoms. The Hall–Kier alpha value is -5.89. The molecule has 2 heterocycles. The van der Waals surface area contributed by atoms with Crippen molar-refractivity contribution in [3.63, 3.8) is 0 Å². The number of benzene rings is 4. The number of pyridine rings is 1. The molecule has 0 spiro atoms. The van der Waals surface area contributed by atoms with E-state index in [1.54, 1.807) is 39.8 Å². The lowest BCUT2D eigenvalue weighted by atomic mass is 9.72. The fourth-order valence-electron chi connectivity index (χ4n) is 6.22. The lowest BCUT2D eigenvalue weighted by molar-refractivity contribution is -0.384. The van der Waals surface area contributed by atoms with Crippen molar-refractivity contribution in [3.8, 4) is 5.69 Å². The average molecular weight is 566 g/mol. The van der Waals surface area contributed by atoms with Crippen LogP contribution in [-0.4, -0.2) is 21.1 Å². The van der Waals surface area contributed by atoms with Gasteiger partial charge in [0.15, 0.2) is 5.78 Å². The quantitative estimate of drug-likeness (QED) is 0.178. The molecule has 0 radical (unpaired) electrons. The molecule has 4 aromatic carbocycles. The van der Waals surface area contributed by atoms with Crippen molar-refractivity contribution in [2.45, 2.75) is 12.8 Å². The first-order chi connectivity index (χ1) is 20.9. The number of Topliss-reactive ketones (excluding diaryl/α,β-unsaturated/α-hetero) is 2. The smallest absolute Gasteiger partial charge is 0.269 e.